The van der Waals surface area contributed by atoms with Crippen LogP contribution in [0.5, 0.6) is 11.5 Å². The van der Waals surface area contributed by atoms with E-state index >= 15 is 0 Å². The minimum atomic E-state index is -0.658. The maximum absolute atomic E-state index is 12.2. The molecule has 140 valence electrons. The van der Waals surface area contributed by atoms with Crippen LogP contribution in [0.1, 0.15) is 51.4 Å². The first kappa shape index (κ1) is 21.1. The van der Waals surface area contributed by atoms with Gasteiger partial charge in [-0.3, -0.25) is 4.79 Å². The van der Waals surface area contributed by atoms with Gasteiger partial charge in [0.2, 0.25) is 0 Å². The number of amides is 1. The quantitative estimate of drug-likeness (QED) is 0.707. The van der Waals surface area contributed by atoms with E-state index in [1.54, 1.807) is 0 Å². The van der Waals surface area contributed by atoms with Crippen LogP contribution in [0.25, 0.3) is 0 Å². The van der Waals surface area contributed by atoms with Gasteiger partial charge in [0.25, 0.3) is 5.91 Å². The van der Waals surface area contributed by atoms with E-state index in [2.05, 4.69) is 5.32 Å². The zero-order valence-electron chi connectivity index (χ0n) is 15.4. The maximum atomic E-state index is 12.2. The summed E-state index contributed by atoms with van der Waals surface area (Å²) in [5.74, 6) is -0.268. The van der Waals surface area contributed by atoms with E-state index in [0.29, 0.717) is 24.7 Å². The molecule has 0 atom stereocenters. The Labute approximate surface area is 153 Å². The van der Waals surface area contributed by atoms with Gasteiger partial charge in [-0.05, 0) is 46.2 Å². The van der Waals surface area contributed by atoms with Crippen molar-refractivity contribution in [3.05, 3.63) is 22.7 Å². The number of hydrogen-bond donors (Lipinski definition) is 1. The molecular formula is C18H26ClNO5. The van der Waals surface area contributed by atoms with Gasteiger partial charge in [-0.25, -0.2) is 4.79 Å². The van der Waals surface area contributed by atoms with Crippen molar-refractivity contribution >= 4 is 23.5 Å². The lowest BCUT2D eigenvalue weighted by Crippen LogP contribution is -2.42. The Morgan fingerprint density at radius 1 is 1.16 bits per heavy atom. The molecule has 0 bridgehead atoms. The summed E-state index contributed by atoms with van der Waals surface area (Å²) in [5.41, 5.74) is -0.200. The average Bonchev–Trinajstić information content (AvgIpc) is 2.50. The minimum absolute atomic E-state index is 0.195. The SMILES string of the molecule is CCCOc1c(Cl)cc(C(=O)OCC(=O)NC(C)(C)C)cc1OCC. The molecule has 6 nitrogen and oxygen atoms in total. The second-order valence-corrected chi connectivity index (χ2v) is 6.85. The van der Waals surface area contributed by atoms with Crippen molar-refractivity contribution in [3.8, 4) is 11.5 Å². The van der Waals surface area contributed by atoms with Gasteiger partial charge in [-0.15, -0.1) is 0 Å². The van der Waals surface area contributed by atoms with Crippen molar-refractivity contribution in [2.45, 2.75) is 46.6 Å². The fourth-order valence-corrected chi connectivity index (χ4v) is 2.23. The van der Waals surface area contributed by atoms with Crippen LogP contribution in [0.15, 0.2) is 12.1 Å². The summed E-state index contributed by atoms with van der Waals surface area (Å²) in [6, 6.07) is 2.95. The first-order valence-electron chi connectivity index (χ1n) is 8.25. The van der Waals surface area contributed by atoms with Crippen LogP contribution in [0.3, 0.4) is 0 Å². The fraction of sp³-hybridized carbons (Fsp3) is 0.556. The van der Waals surface area contributed by atoms with Gasteiger partial charge < -0.3 is 19.5 Å². The Balaban J connectivity index is 2.86. The van der Waals surface area contributed by atoms with E-state index in [1.807, 2.05) is 34.6 Å². The Morgan fingerprint density at radius 2 is 1.84 bits per heavy atom. The van der Waals surface area contributed by atoms with Crippen LogP contribution < -0.4 is 14.8 Å². The topological polar surface area (TPSA) is 73.9 Å². The van der Waals surface area contributed by atoms with Crippen molar-refractivity contribution in [2.24, 2.45) is 0 Å². The molecule has 0 heterocycles. The van der Waals surface area contributed by atoms with Gasteiger partial charge in [0, 0.05) is 5.54 Å². The highest BCUT2D eigenvalue weighted by Crippen LogP contribution is 2.37. The third kappa shape index (κ3) is 7.22. The molecule has 0 saturated carbocycles. The van der Waals surface area contributed by atoms with Crippen LogP contribution in [-0.4, -0.2) is 37.2 Å². The van der Waals surface area contributed by atoms with Crippen LogP contribution in [0, 0.1) is 0 Å². The normalized spacial score (nSPS) is 11.0. The highest BCUT2D eigenvalue weighted by molar-refractivity contribution is 6.32. The number of halogens is 1. The van der Waals surface area contributed by atoms with Gasteiger partial charge in [-0.2, -0.15) is 0 Å². The average molecular weight is 372 g/mol. The highest BCUT2D eigenvalue weighted by atomic mass is 35.5. The first-order valence-corrected chi connectivity index (χ1v) is 8.63. The van der Waals surface area contributed by atoms with E-state index in [9.17, 15) is 9.59 Å². The second-order valence-electron chi connectivity index (χ2n) is 6.44. The van der Waals surface area contributed by atoms with E-state index < -0.39 is 11.5 Å². The van der Waals surface area contributed by atoms with Gasteiger partial charge in [0.05, 0.1) is 23.8 Å². The first-order chi connectivity index (χ1) is 11.7. The molecule has 0 spiro atoms. The van der Waals surface area contributed by atoms with E-state index in [-0.39, 0.29) is 23.1 Å². The number of ether oxygens (including phenoxy) is 3. The zero-order chi connectivity index (χ0) is 19.0. The second kappa shape index (κ2) is 9.51. The Morgan fingerprint density at radius 3 is 2.40 bits per heavy atom. The predicted octanol–water partition coefficient (Wildman–Crippen LogP) is 3.60. The number of carbonyl (C=O) groups is 2. The highest BCUT2D eigenvalue weighted by Gasteiger charge is 2.19. The number of rotatable bonds is 8. The largest absolute Gasteiger partial charge is 0.490 e. The standard InChI is InChI=1S/C18H26ClNO5/c1-6-8-24-16-13(19)9-12(10-14(16)23-7-2)17(22)25-11-15(21)20-18(3,4)5/h9-10H,6-8,11H2,1-5H3,(H,20,21). The Kier molecular flexibility index (Phi) is 8.03. The van der Waals surface area contributed by atoms with Gasteiger partial charge >= 0.3 is 5.97 Å². The molecule has 0 aliphatic heterocycles. The van der Waals surface area contributed by atoms with Gasteiger partial charge in [-0.1, -0.05) is 18.5 Å². The molecule has 1 aromatic carbocycles. The van der Waals surface area contributed by atoms with Crippen molar-refractivity contribution in [3.63, 3.8) is 0 Å². The van der Waals surface area contributed by atoms with Crippen molar-refractivity contribution in [1.29, 1.82) is 0 Å². The third-order valence-corrected chi connectivity index (χ3v) is 3.13. The zero-order valence-corrected chi connectivity index (χ0v) is 16.2. The predicted molar refractivity (Wildman–Crippen MR) is 96.6 cm³/mol. The van der Waals surface area contributed by atoms with E-state index in [1.165, 1.54) is 12.1 Å². The molecule has 7 heteroatoms. The van der Waals surface area contributed by atoms with Crippen LogP contribution in [0.4, 0.5) is 0 Å². The Hall–Kier alpha value is -1.95. The number of carbonyl (C=O) groups excluding carboxylic acids is 2. The molecule has 0 aromatic heterocycles. The molecule has 0 aliphatic carbocycles. The van der Waals surface area contributed by atoms with Crippen molar-refractivity contribution in [1.82, 2.24) is 5.32 Å². The van der Waals surface area contributed by atoms with Crippen LogP contribution >= 0.6 is 11.6 Å². The molecule has 0 saturated heterocycles. The molecule has 1 aromatic rings. The molecular weight excluding hydrogens is 346 g/mol. The van der Waals surface area contributed by atoms with Crippen LogP contribution in [0.2, 0.25) is 5.02 Å². The molecule has 0 aliphatic rings. The van der Waals surface area contributed by atoms with Crippen molar-refractivity contribution < 1.29 is 23.8 Å². The van der Waals surface area contributed by atoms with Gasteiger partial charge in [0.1, 0.15) is 0 Å². The molecule has 1 rings (SSSR count). The van der Waals surface area contributed by atoms with Crippen molar-refractivity contribution in [2.75, 3.05) is 19.8 Å². The lowest BCUT2D eigenvalue weighted by Gasteiger charge is -2.20. The molecule has 0 radical (unpaired) electrons. The summed E-state index contributed by atoms with van der Waals surface area (Å²) in [7, 11) is 0. The molecule has 1 amide bonds. The molecule has 25 heavy (non-hydrogen) atoms. The van der Waals surface area contributed by atoms with E-state index in [0.717, 1.165) is 6.42 Å². The lowest BCUT2D eigenvalue weighted by atomic mass is 10.1. The summed E-state index contributed by atoms with van der Waals surface area (Å²) in [6.07, 6.45) is 0.814. The summed E-state index contributed by atoms with van der Waals surface area (Å²) in [4.78, 5) is 23.9. The minimum Gasteiger partial charge on any atom is -0.490 e. The fourth-order valence-electron chi connectivity index (χ4n) is 1.96. The number of benzene rings is 1. The summed E-state index contributed by atoms with van der Waals surface area (Å²) in [6.45, 7) is 9.83. The Bertz CT molecular complexity index is 610. The van der Waals surface area contributed by atoms with E-state index in [4.69, 9.17) is 25.8 Å². The number of nitrogens with one attached hydrogen (secondary N) is 1. The monoisotopic (exact) mass is 371 g/mol. The summed E-state index contributed by atoms with van der Waals surface area (Å²) < 4.78 is 16.1. The summed E-state index contributed by atoms with van der Waals surface area (Å²) in [5, 5.41) is 2.97. The smallest absolute Gasteiger partial charge is 0.338 e. The molecule has 1 N–H and O–H groups in total. The third-order valence-electron chi connectivity index (χ3n) is 2.84. The van der Waals surface area contributed by atoms with Crippen LogP contribution in [-0.2, 0) is 9.53 Å². The maximum Gasteiger partial charge on any atom is 0.338 e. The molecule has 0 fully saturated rings. The molecule has 0 unspecified atom stereocenters. The van der Waals surface area contributed by atoms with Gasteiger partial charge in [0.15, 0.2) is 18.1 Å². The lowest BCUT2D eigenvalue weighted by molar-refractivity contribution is -0.125. The summed E-state index contributed by atoms with van der Waals surface area (Å²) >= 11 is 6.21. The number of hydrogen-bond acceptors (Lipinski definition) is 5. The number of esters is 1.